The first-order chi connectivity index (χ1) is 3.30. The highest BCUT2D eigenvalue weighted by Gasteiger charge is 2.04. The van der Waals surface area contributed by atoms with Gasteiger partial charge in [0.15, 0.2) is 0 Å². The van der Waals surface area contributed by atoms with E-state index in [1.807, 2.05) is 11.8 Å². The molecule has 0 radical (unpaired) electrons. The summed E-state index contributed by atoms with van der Waals surface area (Å²) in [4.78, 5) is 1.54. The third-order valence-electron chi connectivity index (χ3n) is 1.40. The van der Waals surface area contributed by atoms with E-state index in [0.29, 0.717) is 0 Å². The van der Waals surface area contributed by atoms with Gasteiger partial charge in [-0.05, 0) is 25.2 Å². The molecule has 40 valence electrons. The first-order valence-electron chi connectivity index (χ1n) is 2.60. The van der Waals surface area contributed by atoms with E-state index in [2.05, 4.69) is 13.8 Å². The van der Waals surface area contributed by atoms with Gasteiger partial charge >= 0.3 is 0 Å². The van der Waals surface area contributed by atoms with Crippen molar-refractivity contribution in [2.24, 2.45) is 0 Å². The summed E-state index contributed by atoms with van der Waals surface area (Å²) in [6, 6.07) is 0. The van der Waals surface area contributed by atoms with Gasteiger partial charge in [-0.3, -0.25) is 0 Å². The molecule has 0 saturated heterocycles. The summed E-state index contributed by atoms with van der Waals surface area (Å²) < 4.78 is 0. The first-order valence-corrected chi connectivity index (χ1v) is 3.58. The van der Waals surface area contributed by atoms with Crippen LogP contribution in [-0.4, -0.2) is 5.75 Å². The lowest BCUT2D eigenvalue weighted by atomic mass is 10.2. The summed E-state index contributed by atoms with van der Waals surface area (Å²) >= 11 is 1.98. The SMILES string of the molecule is CC1=C(C)SCC1. The van der Waals surface area contributed by atoms with Crippen LogP contribution in [0.25, 0.3) is 0 Å². The van der Waals surface area contributed by atoms with Crippen LogP contribution in [0.3, 0.4) is 0 Å². The van der Waals surface area contributed by atoms with E-state index in [0.717, 1.165) is 0 Å². The fourth-order valence-corrected chi connectivity index (χ4v) is 1.72. The molecule has 0 aromatic carbocycles. The van der Waals surface area contributed by atoms with Crippen molar-refractivity contribution in [2.45, 2.75) is 20.3 Å². The van der Waals surface area contributed by atoms with Crippen LogP contribution in [0.4, 0.5) is 0 Å². The molecular weight excluding hydrogens is 104 g/mol. The van der Waals surface area contributed by atoms with E-state index in [9.17, 15) is 0 Å². The molecule has 7 heavy (non-hydrogen) atoms. The van der Waals surface area contributed by atoms with E-state index < -0.39 is 0 Å². The maximum Gasteiger partial charge on any atom is 0.00142 e. The normalized spacial score (nSPS) is 21.4. The van der Waals surface area contributed by atoms with Gasteiger partial charge in [-0.1, -0.05) is 5.57 Å². The third-order valence-corrected chi connectivity index (χ3v) is 2.59. The van der Waals surface area contributed by atoms with Crippen molar-refractivity contribution in [3.05, 3.63) is 10.5 Å². The Labute approximate surface area is 49.0 Å². The summed E-state index contributed by atoms with van der Waals surface area (Å²) in [7, 11) is 0. The average Bonchev–Trinajstić information content (AvgIpc) is 1.91. The van der Waals surface area contributed by atoms with Crippen LogP contribution in [-0.2, 0) is 0 Å². The second-order valence-electron chi connectivity index (χ2n) is 1.93. The fourth-order valence-electron chi connectivity index (χ4n) is 0.656. The molecule has 0 saturated carbocycles. The van der Waals surface area contributed by atoms with Gasteiger partial charge in [-0.15, -0.1) is 11.8 Å². The molecule has 0 fully saturated rings. The number of allylic oxidation sites excluding steroid dienone is 2. The van der Waals surface area contributed by atoms with Crippen molar-refractivity contribution >= 4 is 11.8 Å². The van der Waals surface area contributed by atoms with E-state index in [1.54, 1.807) is 10.5 Å². The molecule has 1 rings (SSSR count). The smallest absolute Gasteiger partial charge is 0.00142 e. The van der Waals surface area contributed by atoms with E-state index in [4.69, 9.17) is 0 Å². The number of thioether (sulfide) groups is 1. The number of hydrogen-bond donors (Lipinski definition) is 0. The van der Waals surface area contributed by atoms with Gasteiger partial charge in [0.25, 0.3) is 0 Å². The summed E-state index contributed by atoms with van der Waals surface area (Å²) in [5, 5.41) is 0. The molecule has 0 aromatic heterocycles. The third kappa shape index (κ3) is 1.00. The van der Waals surface area contributed by atoms with Crippen LogP contribution in [0.5, 0.6) is 0 Å². The minimum atomic E-state index is 1.32. The van der Waals surface area contributed by atoms with Gasteiger partial charge in [-0.25, -0.2) is 0 Å². The van der Waals surface area contributed by atoms with Gasteiger partial charge in [0.1, 0.15) is 0 Å². The highest BCUT2D eigenvalue weighted by atomic mass is 32.2. The Hall–Kier alpha value is 0.0900. The molecule has 1 heterocycles. The largest absolute Gasteiger partial charge is 0.131 e. The minimum absolute atomic E-state index is 1.32. The summed E-state index contributed by atoms with van der Waals surface area (Å²) in [6.07, 6.45) is 1.32. The van der Waals surface area contributed by atoms with Crippen LogP contribution < -0.4 is 0 Å². The molecular formula is C6H10S. The van der Waals surface area contributed by atoms with Gasteiger partial charge in [0.05, 0.1) is 0 Å². The van der Waals surface area contributed by atoms with E-state index in [-0.39, 0.29) is 0 Å². The zero-order valence-electron chi connectivity index (χ0n) is 4.82. The minimum Gasteiger partial charge on any atom is -0.131 e. The van der Waals surface area contributed by atoms with Gasteiger partial charge in [-0.2, -0.15) is 0 Å². The predicted octanol–water partition coefficient (Wildman–Crippen LogP) is 2.42. The van der Waals surface area contributed by atoms with E-state index >= 15 is 0 Å². The molecule has 1 heteroatoms. The Morgan fingerprint density at radius 3 is 2.29 bits per heavy atom. The molecule has 0 amide bonds. The molecule has 0 nitrogen and oxygen atoms in total. The Morgan fingerprint density at radius 2 is 2.14 bits per heavy atom. The maximum absolute atomic E-state index is 2.22. The van der Waals surface area contributed by atoms with Crippen molar-refractivity contribution in [1.82, 2.24) is 0 Å². The molecule has 0 N–H and O–H groups in total. The van der Waals surface area contributed by atoms with Crippen LogP contribution in [0.1, 0.15) is 20.3 Å². The molecule has 0 bridgehead atoms. The lowest BCUT2D eigenvalue weighted by molar-refractivity contribution is 1.13. The van der Waals surface area contributed by atoms with Gasteiger partial charge in [0.2, 0.25) is 0 Å². The van der Waals surface area contributed by atoms with Gasteiger partial charge in [0, 0.05) is 5.75 Å². The van der Waals surface area contributed by atoms with Crippen molar-refractivity contribution in [3.63, 3.8) is 0 Å². The molecule has 1 aliphatic heterocycles. The van der Waals surface area contributed by atoms with Crippen molar-refractivity contribution in [1.29, 1.82) is 0 Å². The lowest BCUT2D eigenvalue weighted by Gasteiger charge is -1.86. The molecule has 0 aromatic rings. The molecule has 1 aliphatic rings. The number of rotatable bonds is 0. The van der Waals surface area contributed by atoms with Crippen molar-refractivity contribution in [2.75, 3.05) is 5.75 Å². The molecule has 0 spiro atoms. The Morgan fingerprint density at radius 1 is 1.43 bits per heavy atom. The summed E-state index contributed by atoms with van der Waals surface area (Å²) in [5.74, 6) is 1.32. The zero-order valence-corrected chi connectivity index (χ0v) is 5.64. The van der Waals surface area contributed by atoms with Crippen LogP contribution >= 0.6 is 11.8 Å². The molecule has 0 aliphatic carbocycles. The van der Waals surface area contributed by atoms with E-state index in [1.165, 1.54) is 12.2 Å². The summed E-state index contributed by atoms with van der Waals surface area (Å²) in [6.45, 7) is 4.42. The molecule has 0 unspecified atom stereocenters. The van der Waals surface area contributed by atoms with Crippen LogP contribution in [0.15, 0.2) is 10.5 Å². The number of hydrogen-bond acceptors (Lipinski definition) is 1. The quantitative estimate of drug-likeness (QED) is 0.466. The lowest BCUT2D eigenvalue weighted by Crippen LogP contribution is -1.67. The Kier molecular flexibility index (Phi) is 1.43. The van der Waals surface area contributed by atoms with Gasteiger partial charge < -0.3 is 0 Å². The zero-order chi connectivity index (χ0) is 5.28. The second kappa shape index (κ2) is 1.91. The monoisotopic (exact) mass is 114 g/mol. The first kappa shape index (κ1) is 5.23. The predicted molar refractivity (Wildman–Crippen MR) is 35.4 cm³/mol. The Balaban J connectivity index is 2.64. The summed E-state index contributed by atoms with van der Waals surface area (Å²) in [5.41, 5.74) is 1.59. The Bertz CT molecular complexity index is 90.7. The van der Waals surface area contributed by atoms with Crippen LogP contribution in [0.2, 0.25) is 0 Å². The highest BCUT2D eigenvalue weighted by molar-refractivity contribution is 8.03. The highest BCUT2D eigenvalue weighted by Crippen LogP contribution is 2.29. The van der Waals surface area contributed by atoms with Crippen LogP contribution in [0, 0.1) is 0 Å². The second-order valence-corrected chi connectivity index (χ2v) is 3.24. The fraction of sp³-hybridized carbons (Fsp3) is 0.667. The standard InChI is InChI=1S/C6H10S/c1-5-3-4-7-6(5)2/h3-4H2,1-2H3. The topological polar surface area (TPSA) is 0 Å². The molecule has 0 atom stereocenters. The van der Waals surface area contributed by atoms with Crippen molar-refractivity contribution in [3.8, 4) is 0 Å². The van der Waals surface area contributed by atoms with Crippen molar-refractivity contribution < 1.29 is 0 Å². The average molecular weight is 114 g/mol. The maximum atomic E-state index is 2.22.